The number of nitrogens with zero attached hydrogens (tertiary/aromatic N) is 5. The Bertz CT molecular complexity index is 837. The van der Waals surface area contributed by atoms with Crippen LogP contribution in [0.1, 0.15) is 17.0 Å². The number of rotatable bonds is 5. The molecule has 1 fully saturated rings. The molecule has 3 rings (SSSR count). The Labute approximate surface area is 152 Å². The number of allylic oxidation sites excluding steroid dienone is 1. The van der Waals surface area contributed by atoms with Crippen LogP contribution in [0.5, 0.6) is 0 Å². The normalized spacial score (nSPS) is 16.1. The number of tetrazole rings is 1. The van der Waals surface area contributed by atoms with Gasteiger partial charge in [0.2, 0.25) is 5.82 Å². The predicted molar refractivity (Wildman–Crippen MR) is 88.9 cm³/mol. The number of aromatic nitrogens is 4. The summed E-state index contributed by atoms with van der Waals surface area (Å²) >= 11 is 0. The highest BCUT2D eigenvalue weighted by Gasteiger charge is 2.34. The average Bonchev–Trinajstić information content (AvgIpc) is 3.18. The van der Waals surface area contributed by atoms with E-state index in [0.29, 0.717) is 26.3 Å². The minimum Gasteiger partial charge on any atom is -0.379 e. The summed E-state index contributed by atoms with van der Waals surface area (Å²) in [7, 11) is 0. The number of H-pyrrole nitrogens is 1. The van der Waals surface area contributed by atoms with Crippen LogP contribution in [0.4, 0.5) is 18.9 Å². The number of anilines is 1. The molecular formula is C16H16F3N7O. The van der Waals surface area contributed by atoms with Crippen LogP contribution in [0.25, 0.3) is 5.57 Å². The fourth-order valence-corrected chi connectivity index (χ4v) is 2.65. The smallest absolute Gasteiger partial charge is 0.379 e. The van der Waals surface area contributed by atoms with E-state index in [1.807, 2.05) is 11.0 Å². The summed E-state index contributed by atoms with van der Waals surface area (Å²) in [6.45, 7) is 2.41. The van der Waals surface area contributed by atoms with Crippen LogP contribution in [-0.4, -0.2) is 51.8 Å². The van der Waals surface area contributed by atoms with Crippen LogP contribution < -0.4 is 5.32 Å². The van der Waals surface area contributed by atoms with Gasteiger partial charge >= 0.3 is 6.18 Å². The van der Waals surface area contributed by atoms with Gasteiger partial charge in [-0.05, 0) is 22.9 Å². The molecule has 0 aliphatic carbocycles. The topological polar surface area (TPSA) is 103 Å². The first-order valence-corrected chi connectivity index (χ1v) is 8.08. The molecule has 1 aromatic carbocycles. The summed E-state index contributed by atoms with van der Waals surface area (Å²) < 4.78 is 45.7. The molecule has 27 heavy (non-hydrogen) atoms. The summed E-state index contributed by atoms with van der Waals surface area (Å²) in [5.41, 5.74) is -0.290. The van der Waals surface area contributed by atoms with Crippen molar-refractivity contribution in [2.45, 2.75) is 12.7 Å². The monoisotopic (exact) mass is 379 g/mol. The lowest BCUT2D eigenvalue weighted by Gasteiger charge is -2.27. The second-order valence-corrected chi connectivity index (χ2v) is 5.81. The van der Waals surface area contributed by atoms with Gasteiger partial charge < -0.3 is 10.1 Å². The maximum absolute atomic E-state index is 13.5. The summed E-state index contributed by atoms with van der Waals surface area (Å²) in [5, 5.41) is 24.7. The van der Waals surface area contributed by atoms with Crippen molar-refractivity contribution in [3.05, 3.63) is 41.4 Å². The molecule has 0 atom stereocenters. The predicted octanol–water partition coefficient (Wildman–Crippen LogP) is 2.03. The molecule has 0 bridgehead atoms. The van der Waals surface area contributed by atoms with E-state index in [1.165, 1.54) is 18.3 Å². The van der Waals surface area contributed by atoms with Crippen molar-refractivity contribution in [2.24, 2.45) is 0 Å². The lowest BCUT2D eigenvalue weighted by Crippen LogP contribution is -2.36. The first-order chi connectivity index (χ1) is 13.0. The zero-order chi connectivity index (χ0) is 19.3. The molecule has 142 valence electrons. The van der Waals surface area contributed by atoms with Crippen molar-refractivity contribution < 1.29 is 17.9 Å². The number of nitriles is 1. The quantitative estimate of drug-likeness (QED) is 0.766. The van der Waals surface area contributed by atoms with Gasteiger partial charge in [-0.2, -0.15) is 23.6 Å². The van der Waals surface area contributed by atoms with Crippen molar-refractivity contribution in [1.29, 1.82) is 5.26 Å². The fraction of sp³-hybridized carbons (Fsp3) is 0.375. The third-order valence-corrected chi connectivity index (χ3v) is 4.00. The number of aromatic amines is 1. The molecule has 0 radical (unpaired) electrons. The summed E-state index contributed by atoms with van der Waals surface area (Å²) in [4.78, 5) is 1.92. The molecule has 0 spiro atoms. The molecule has 1 aliphatic rings. The zero-order valence-corrected chi connectivity index (χ0v) is 14.1. The van der Waals surface area contributed by atoms with Crippen molar-refractivity contribution in [3.8, 4) is 6.07 Å². The van der Waals surface area contributed by atoms with E-state index in [0.717, 1.165) is 6.07 Å². The lowest BCUT2D eigenvalue weighted by atomic mass is 10.0. The Hall–Kier alpha value is -2.97. The van der Waals surface area contributed by atoms with Gasteiger partial charge in [0.15, 0.2) is 0 Å². The molecule has 2 aromatic rings. The van der Waals surface area contributed by atoms with Crippen molar-refractivity contribution in [1.82, 2.24) is 25.5 Å². The van der Waals surface area contributed by atoms with Crippen molar-refractivity contribution >= 4 is 11.3 Å². The highest BCUT2D eigenvalue weighted by atomic mass is 19.4. The van der Waals surface area contributed by atoms with Crippen molar-refractivity contribution in [2.75, 3.05) is 31.6 Å². The molecule has 11 heteroatoms. The van der Waals surface area contributed by atoms with Gasteiger partial charge in [-0.1, -0.05) is 6.07 Å². The minimum atomic E-state index is -4.49. The number of hydrogen-bond acceptors (Lipinski definition) is 7. The first kappa shape index (κ1) is 18.8. The van der Waals surface area contributed by atoms with Gasteiger partial charge in [-0.25, -0.2) is 0 Å². The Balaban J connectivity index is 1.82. The van der Waals surface area contributed by atoms with Crippen LogP contribution in [0.2, 0.25) is 0 Å². The summed E-state index contributed by atoms with van der Waals surface area (Å²) in [5.74, 6) is 0.0463. The number of morpholine rings is 1. The van der Waals surface area contributed by atoms with Crippen LogP contribution in [0.15, 0.2) is 24.4 Å². The van der Waals surface area contributed by atoms with Crippen molar-refractivity contribution in [3.63, 3.8) is 0 Å². The second kappa shape index (κ2) is 8.15. The number of ether oxygens (including phenoxy) is 1. The number of nitrogens with one attached hydrogen (secondary N) is 2. The van der Waals surface area contributed by atoms with Gasteiger partial charge in [-0.15, -0.1) is 10.2 Å². The Kier molecular flexibility index (Phi) is 5.68. The minimum absolute atomic E-state index is 0.0368. The number of benzene rings is 1. The van der Waals surface area contributed by atoms with E-state index < -0.39 is 11.7 Å². The van der Waals surface area contributed by atoms with Gasteiger partial charge in [-0.3, -0.25) is 4.90 Å². The number of hydrogen-bond donors (Lipinski definition) is 2. The largest absolute Gasteiger partial charge is 0.416 e. The molecule has 0 saturated carbocycles. The zero-order valence-electron chi connectivity index (χ0n) is 14.1. The lowest BCUT2D eigenvalue weighted by molar-refractivity contribution is -0.138. The van der Waals surface area contributed by atoms with Crippen LogP contribution in [0, 0.1) is 11.3 Å². The maximum atomic E-state index is 13.5. The van der Waals surface area contributed by atoms with E-state index in [2.05, 4.69) is 25.9 Å². The Morgan fingerprint density at radius 1 is 1.37 bits per heavy atom. The molecular weight excluding hydrogens is 363 g/mol. The Morgan fingerprint density at radius 2 is 2.15 bits per heavy atom. The fourth-order valence-electron chi connectivity index (χ4n) is 2.65. The molecule has 2 N–H and O–H groups in total. The molecule has 1 saturated heterocycles. The number of halogens is 3. The third kappa shape index (κ3) is 4.81. The van der Waals surface area contributed by atoms with E-state index in [4.69, 9.17) is 10.00 Å². The van der Waals surface area contributed by atoms with Gasteiger partial charge in [0.25, 0.3) is 0 Å². The van der Waals surface area contributed by atoms with E-state index in [1.54, 1.807) is 0 Å². The van der Waals surface area contributed by atoms with E-state index in [9.17, 15) is 13.2 Å². The molecule has 2 heterocycles. The molecule has 0 unspecified atom stereocenters. The van der Waals surface area contributed by atoms with Gasteiger partial charge in [0.05, 0.1) is 18.8 Å². The highest BCUT2D eigenvalue weighted by Crippen LogP contribution is 2.34. The van der Waals surface area contributed by atoms with E-state index in [-0.39, 0.29) is 29.2 Å². The van der Waals surface area contributed by atoms with Crippen LogP contribution >= 0.6 is 0 Å². The van der Waals surface area contributed by atoms with Gasteiger partial charge in [0.1, 0.15) is 11.6 Å². The highest BCUT2D eigenvalue weighted by molar-refractivity contribution is 5.74. The van der Waals surface area contributed by atoms with Crippen LogP contribution in [0.3, 0.4) is 0 Å². The Morgan fingerprint density at radius 3 is 2.78 bits per heavy atom. The third-order valence-electron chi connectivity index (χ3n) is 4.00. The second-order valence-electron chi connectivity index (χ2n) is 5.81. The molecule has 0 amide bonds. The molecule has 1 aliphatic heterocycles. The van der Waals surface area contributed by atoms with Gasteiger partial charge in [0, 0.05) is 31.5 Å². The number of alkyl halides is 3. The van der Waals surface area contributed by atoms with E-state index >= 15 is 0 Å². The standard InChI is InChI=1S/C16H16F3N7O/c17-16(18,19)14-7-13(21-9-12(8-20)15-22-24-25-23-15)2-1-11(14)10-26-3-5-27-6-4-26/h1-2,7,9,21H,3-6,10H2,(H,22,23,24,25). The average molecular weight is 379 g/mol. The summed E-state index contributed by atoms with van der Waals surface area (Å²) in [6.07, 6.45) is -3.25. The molecule has 8 nitrogen and oxygen atoms in total. The van der Waals surface area contributed by atoms with Crippen LogP contribution in [-0.2, 0) is 17.5 Å². The SMILES string of the molecule is N#CC(=CNc1ccc(CN2CCOCC2)c(C(F)(F)F)c1)c1nn[nH]n1. The maximum Gasteiger partial charge on any atom is 0.416 e. The molecule has 1 aromatic heterocycles. The summed E-state index contributed by atoms with van der Waals surface area (Å²) in [6, 6.07) is 5.86. The first-order valence-electron chi connectivity index (χ1n) is 8.08.